The number of hydrogen-bond donors (Lipinski definition) is 1. The molecule has 0 unspecified atom stereocenters. The lowest BCUT2D eigenvalue weighted by Gasteiger charge is -2.34. The van der Waals surface area contributed by atoms with E-state index in [1.54, 1.807) is 13.2 Å². The average molecular weight is 328 g/mol. The number of nitrogens with zero attached hydrogens (tertiary/aromatic N) is 2. The van der Waals surface area contributed by atoms with Crippen molar-refractivity contribution in [3.8, 4) is 0 Å². The van der Waals surface area contributed by atoms with Gasteiger partial charge < -0.3 is 10.1 Å². The van der Waals surface area contributed by atoms with Crippen LogP contribution in [0.1, 0.15) is 25.7 Å². The van der Waals surface area contributed by atoms with Crippen molar-refractivity contribution in [3.63, 3.8) is 0 Å². The van der Waals surface area contributed by atoms with Crippen molar-refractivity contribution in [2.75, 3.05) is 11.9 Å². The number of rotatable bonds is 2. The number of aromatic nitrogens is 2. The van der Waals surface area contributed by atoms with Crippen LogP contribution in [0.25, 0.3) is 0 Å². The maximum absolute atomic E-state index is 11.8. The molecule has 19 heavy (non-hydrogen) atoms. The molecule has 5 nitrogen and oxygen atoms in total. The smallest absolute Gasteiger partial charge is 0.282 e. The normalized spacial score (nSPS) is 30.1. The first-order chi connectivity index (χ1) is 9.16. The summed E-state index contributed by atoms with van der Waals surface area (Å²) in [5.74, 6) is 0.560. The lowest BCUT2D eigenvalue weighted by Crippen LogP contribution is -2.38. The minimum atomic E-state index is -0.111. The van der Waals surface area contributed by atoms with E-state index in [-0.39, 0.29) is 5.56 Å². The molecule has 6 heteroatoms. The molecular formula is C13H18BrN3O2. The molecule has 1 N–H and O–H groups in total. The molecule has 2 aliphatic rings. The van der Waals surface area contributed by atoms with Crippen molar-refractivity contribution in [1.29, 1.82) is 0 Å². The van der Waals surface area contributed by atoms with E-state index in [0.29, 0.717) is 22.5 Å². The highest BCUT2D eigenvalue weighted by molar-refractivity contribution is 9.10. The molecule has 1 aliphatic heterocycles. The van der Waals surface area contributed by atoms with Gasteiger partial charge in [0.05, 0.1) is 18.0 Å². The molecule has 1 aliphatic carbocycles. The maximum Gasteiger partial charge on any atom is 0.282 e. The van der Waals surface area contributed by atoms with Crippen LogP contribution in [0, 0.1) is 5.92 Å². The monoisotopic (exact) mass is 327 g/mol. The van der Waals surface area contributed by atoms with Crippen LogP contribution in [0.15, 0.2) is 15.5 Å². The number of anilines is 1. The van der Waals surface area contributed by atoms with E-state index >= 15 is 0 Å². The van der Waals surface area contributed by atoms with Gasteiger partial charge in [-0.05, 0) is 41.6 Å². The molecule has 3 atom stereocenters. The average Bonchev–Trinajstić information content (AvgIpc) is 2.89. The van der Waals surface area contributed by atoms with E-state index in [0.717, 1.165) is 25.1 Å². The van der Waals surface area contributed by atoms with Crippen molar-refractivity contribution in [3.05, 3.63) is 21.0 Å². The summed E-state index contributed by atoms with van der Waals surface area (Å²) in [6, 6.07) is 0.381. The fourth-order valence-corrected chi connectivity index (χ4v) is 3.64. The van der Waals surface area contributed by atoms with Crippen molar-refractivity contribution >= 4 is 21.6 Å². The highest BCUT2D eigenvalue weighted by Crippen LogP contribution is 2.36. The van der Waals surface area contributed by atoms with Crippen molar-refractivity contribution < 1.29 is 4.74 Å². The number of fused-ring (bicyclic) bond motifs is 1. The highest BCUT2D eigenvalue weighted by atomic mass is 79.9. The Bertz CT molecular complexity index is 531. The van der Waals surface area contributed by atoms with Gasteiger partial charge in [0.2, 0.25) is 0 Å². The molecule has 0 aromatic carbocycles. The number of hydrogen-bond acceptors (Lipinski definition) is 4. The molecule has 1 saturated heterocycles. The summed E-state index contributed by atoms with van der Waals surface area (Å²) in [5.41, 5.74) is 0.681. The van der Waals surface area contributed by atoms with Gasteiger partial charge in [-0.15, -0.1) is 0 Å². The van der Waals surface area contributed by atoms with Crippen LogP contribution < -0.4 is 10.9 Å². The molecule has 0 radical (unpaired) electrons. The fraction of sp³-hybridized carbons (Fsp3) is 0.692. The van der Waals surface area contributed by atoms with Crippen molar-refractivity contribution in [2.24, 2.45) is 13.0 Å². The SMILES string of the molecule is Cn1ncc(N[C@@H]2CCC[C@@H]3OCC[C@H]32)c(Br)c1=O. The number of ether oxygens (including phenoxy) is 1. The Labute approximate surface area is 120 Å². The summed E-state index contributed by atoms with van der Waals surface area (Å²) in [6.45, 7) is 0.865. The van der Waals surface area contributed by atoms with Crippen LogP contribution >= 0.6 is 15.9 Å². The molecule has 1 aromatic rings. The summed E-state index contributed by atoms with van der Waals surface area (Å²) in [4.78, 5) is 11.8. The second-order valence-electron chi connectivity index (χ2n) is 5.34. The Kier molecular flexibility index (Phi) is 3.62. The third-order valence-electron chi connectivity index (χ3n) is 4.20. The summed E-state index contributed by atoms with van der Waals surface area (Å²) < 4.78 is 7.66. The molecule has 0 bridgehead atoms. The first-order valence-corrected chi connectivity index (χ1v) is 7.56. The third kappa shape index (κ3) is 2.43. The van der Waals surface area contributed by atoms with Gasteiger partial charge in [-0.25, -0.2) is 4.68 Å². The molecule has 0 spiro atoms. The number of nitrogens with one attached hydrogen (secondary N) is 1. The second kappa shape index (κ2) is 5.25. The lowest BCUT2D eigenvalue weighted by atomic mass is 9.82. The summed E-state index contributed by atoms with van der Waals surface area (Å²) in [7, 11) is 1.65. The van der Waals surface area contributed by atoms with Gasteiger partial charge >= 0.3 is 0 Å². The minimum absolute atomic E-state index is 0.111. The molecule has 104 valence electrons. The number of halogens is 1. The van der Waals surface area contributed by atoms with Crippen LogP contribution in [-0.4, -0.2) is 28.5 Å². The Morgan fingerprint density at radius 1 is 1.47 bits per heavy atom. The zero-order valence-electron chi connectivity index (χ0n) is 10.9. The molecule has 2 fully saturated rings. The van der Waals surface area contributed by atoms with Crippen molar-refractivity contribution in [2.45, 2.75) is 37.8 Å². The molecule has 3 rings (SSSR count). The lowest BCUT2D eigenvalue weighted by molar-refractivity contribution is 0.0620. The Morgan fingerprint density at radius 3 is 3.16 bits per heavy atom. The van der Waals surface area contributed by atoms with Crippen LogP contribution in [-0.2, 0) is 11.8 Å². The summed E-state index contributed by atoms with van der Waals surface area (Å²) in [5, 5.41) is 7.56. The van der Waals surface area contributed by atoms with E-state index in [1.807, 2.05) is 0 Å². The van der Waals surface area contributed by atoms with Gasteiger partial charge in [0.25, 0.3) is 5.56 Å². The molecular weight excluding hydrogens is 310 g/mol. The predicted molar refractivity (Wildman–Crippen MR) is 76.3 cm³/mol. The van der Waals surface area contributed by atoms with Gasteiger partial charge in [0, 0.05) is 25.6 Å². The first-order valence-electron chi connectivity index (χ1n) is 6.77. The standard InChI is InChI=1S/C13H18BrN3O2/c1-17-13(18)12(14)10(7-15-17)16-9-3-2-4-11-8(9)5-6-19-11/h7-9,11,16H,2-6H2,1H3/t8-,9+,11-/m0/s1. The van der Waals surface area contributed by atoms with Crippen LogP contribution in [0.4, 0.5) is 5.69 Å². The molecule has 0 amide bonds. The quantitative estimate of drug-likeness (QED) is 0.901. The largest absolute Gasteiger partial charge is 0.380 e. The third-order valence-corrected chi connectivity index (χ3v) is 4.97. The summed E-state index contributed by atoms with van der Waals surface area (Å²) in [6.07, 6.45) is 6.69. The van der Waals surface area contributed by atoms with Crippen molar-refractivity contribution in [1.82, 2.24) is 9.78 Å². The van der Waals surface area contributed by atoms with E-state index in [9.17, 15) is 4.79 Å². The molecule has 1 aromatic heterocycles. The first kappa shape index (κ1) is 13.1. The van der Waals surface area contributed by atoms with Gasteiger partial charge in [-0.1, -0.05) is 0 Å². The van der Waals surface area contributed by atoms with E-state index in [2.05, 4.69) is 26.3 Å². The molecule has 2 heterocycles. The van der Waals surface area contributed by atoms with E-state index in [4.69, 9.17) is 4.74 Å². The topological polar surface area (TPSA) is 56.1 Å². The Balaban J connectivity index is 1.81. The van der Waals surface area contributed by atoms with Gasteiger partial charge in [0.15, 0.2) is 0 Å². The second-order valence-corrected chi connectivity index (χ2v) is 6.14. The molecule has 1 saturated carbocycles. The Hall–Kier alpha value is -0.880. The van der Waals surface area contributed by atoms with Gasteiger partial charge in [-0.3, -0.25) is 4.79 Å². The van der Waals surface area contributed by atoms with Gasteiger partial charge in [-0.2, -0.15) is 5.10 Å². The minimum Gasteiger partial charge on any atom is -0.380 e. The fourth-order valence-electron chi connectivity index (χ4n) is 3.17. The zero-order chi connectivity index (χ0) is 13.4. The predicted octanol–water partition coefficient (Wildman–Crippen LogP) is 1.91. The Morgan fingerprint density at radius 2 is 2.32 bits per heavy atom. The van der Waals surface area contributed by atoms with Crippen LogP contribution in [0.5, 0.6) is 0 Å². The highest BCUT2D eigenvalue weighted by Gasteiger charge is 2.37. The van der Waals surface area contributed by atoms with E-state index < -0.39 is 0 Å². The van der Waals surface area contributed by atoms with Gasteiger partial charge in [0.1, 0.15) is 4.47 Å². The van der Waals surface area contributed by atoms with E-state index in [1.165, 1.54) is 17.5 Å². The zero-order valence-corrected chi connectivity index (χ0v) is 12.5. The number of aryl methyl sites for hydroxylation is 1. The van der Waals surface area contributed by atoms with Crippen LogP contribution in [0.3, 0.4) is 0 Å². The summed E-state index contributed by atoms with van der Waals surface area (Å²) >= 11 is 3.36. The van der Waals surface area contributed by atoms with Crippen LogP contribution in [0.2, 0.25) is 0 Å². The maximum atomic E-state index is 11.8.